The first kappa shape index (κ1) is 9.86. The molecular weight excluding hydrogens is 201 g/mol. The molecule has 2 nitrogen and oxygen atoms in total. The van der Waals surface area contributed by atoms with Gasteiger partial charge in [0, 0.05) is 17.3 Å². The van der Waals surface area contributed by atoms with E-state index in [0.29, 0.717) is 0 Å². The van der Waals surface area contributed by atoms with Gasteiger partial charge in [0.15, 0.2) is 0 Å². The largest absolute Gasteiger partial charge is 0.446 e. The third-order valence-corrected chi connectivity index (χ3v) is 1.77. The molecule has 0 atom stereocenters. The summed E-state index contributed by atoms with van der Waals surface area (Å²) in [6, 6.07) is 2.85. The highest BCUT2D eigenvalue weighted by Gasteiger charge is 2.29. The Bertz CT molecular complexity index is 342. The van der Waals surface area contributed by atoms with E-state index in [0.717, 1.165) is 12.3 Å². The molecule has 1 heterocycles. The molecule has 0 aliphatic heterocycles. The zero-order valence-electron chi connectivity index (χ0n) is 6.17. The predicted molar refractivity (Wildman–Crippen MR) is 40.9 cm³/mol. The van der Waals surface area contributed by atoms with Crippen LogP contribution in [0.3, 0.4) is 0 Å². The van der Waals surface area contributed by atoms with Crippen LogP contribution in [0, 0.1) is 11.3 Å². The molecule has 0 saturated carbocycles. The van der Waals surface area contributed by atoms with Gasteiger partial charge in [0.2, 0.25) is 0 Å². The summed E-state index contributed by atoms with van der Waals surface area (Å²) in [7, 11) is 0. The van der Waals surface area contributed by atoms with Crippen molar-refractivity contribution in [3.8, 4) is 6.07 Å². The number of hydrogen-bond acceptors (Lipinski definition) is 3. The quantitative estimate of drug-likeness (QED) is 0.659. The molecule has 1 aromatic rings. The van der Waals surface area contributed by atoms with E-state index in [4.69, 9.17) is 5.26 Å². The fourth-order valence-electron chi connectivity index (χ4n) is 0.669. The number of rotatable bonds is 1. The number of halogens is 3. The van der Waals surface area contributed by atoms with E-state index in [-0.39, 0.29) is 22.2 Å². The minimum absolute atomic E-state index is 0.0773. The maximum Gasteiger partial charge on any atom is 0.446 e. The molecule has 0 bridgehead atoms. The van der Waals surface area contributed by atoms with Gasteiger partial charge in [-0.2, -0.15) is 18.4 Å². The number of nitriles is 1. The third kappa shape index (κ3) is 3.34. The van der Waals surface area contributed by atoms with Crippen LogP contribution < -0.4 is 0 Å². The number of hydrogen-bond donors (Lipinski definition) is 0. The number of aromatic nitrogens is 1. The minimum atomic E-state index is -4.34. The average Bonchev–Trinajstić information content (AvgIpc) is 2.01. The van der Waals surface area contributed by atoms with Crippen molar-refractivity contribution in [3.63, 3.8) is 0 Å². The fourth-order valence-corrected chi connectivity index (χ4v) is 1.24. The Labute approximate surface area is 76.4 Å². The van der Waals surface area contributed by atoms with Crippen LogP contribution in [0.25, 0.3) is 0 Å². The molecule has 13 heavy (non-hydrogen) atoms. The Hall–Kier alpha value is -1.22. The van der Waals surface area contributed by atoms with E-state index in [1.54, 1.807) is 6.07 Å². The molecular formula is C7H3F3N2S. The van der Waals surface area contributed by atoms with Crippen LogP contribution in [0.1, 0.15) is 5.56 Å². The molecule has 6 heteroatoms. The maximum atomic E-state index is 11.8. The molecule has 68 valence electrons. The highest BCUT2D eigenvalue weighted by molar-refractivity contribution is 8.00. The van der Waals surface area contributed by atoms with Gasteiger partial charge in [-0.15, -0.1) is 0 Å². The van der Waals surface area contributed by atoms with Gasteiger partial charge in [-0.05, 0) is 17.8 Å². The van der Waals surface area contributed by atoms with Gasteiger partial charge in [0.1, 0.15) is 6.07 Å². The molecule has 0 aromatic carbocycles. The van der Waals surface area contributed by atoms with Crippen LogP contribution in [0.15, 0.2) is 23.4 Å². The summed E-state index contributed by atoms with van der Waals surface area (Å²) in [5.41, 5.74) is -4.22. The molecule has 1 aromatic heterocycles. The molecule has 1 rings (SSSR count). The summed E-state index contributed by atoms with van der Waals surface area (Å²) in [6.07, 6.45) is 2.28. The fraction of sp³-hybridized carbons (Fsp3) is 0.143. The lowest BCUT2D eigenvalue weighted by Gasteiger charge is -2.04. The maximum absolute atomic E-state index is 11.8. The van der Waals surface area contributed by atoms with Crippen LogP contribution in [0.5, 0.6) is 0 Å². The molecule has 0 unspecified atom stereocenters. The second kappa shape index (κ2) is 3.66. The van der Waals surface area contributed by atoms with Crippen molar-refractivity contribution in [2.24, 2.45) is 0 Å². The average molecular weight is 204 g/mol. The Balaban J connectivity index is 2.86. The van der Waals surface area contributed by atoms with Gasteiger partial charge in [-0.25, -0.2) is 0 Å². The van der Waals surface area contributed by atoms with Crippen molar-refractivity contribution in [2.45, 2.75) is 10.4 Å². The minimum Gasteiger partial charge on any atom is -0.262 e. The van der Waals surface area contributed by atoms with E-state index in [2.05, 4.69) is 4.98 Å². The summed E-state index contributed by atoms with van der Waals surface area (Å²) in [4.78, 5) is 3.42. The molecule has 0 fully saturated rings. The van der Waals surface area contributed by atoms with Crippen LogP contribution in [0.2, 0.25) is 0 Å². The molecule has 0 aliphatic rings. The van der Waals surface area contributed by atoms with Crippen LogP contribution in [0.4, 0.5) is 13.2 Å². The van der Waals surface area contributed by atoms with Crippen molar-refractivity contribution < 1.29 is 13.2 Å². The molecule has 0 radical (unpaired) electrons. The van der Waals surface area contributed by atoms with Gasteiger partial charge >= 0.3 is 5.51 Å². The normalized spacial score (nSPS) is 10.9. The number of nitrogens with zero attached hydrogens (tertiary/aromatic N) is 2. The Morgan fingerprint density at radius 2 is 2.08 bits per heavy atom. The van der Waals surface area contributed by atoms with Crippen LogP contribution >= 0.6 is 11.8 Å². The van der Waals surface area contributed by atoms with E-state index < -0.39 is 5.51 Å². The van der Waals surface area contributed by atoms with E-state index in [1.807, 2.05) is 0 Å². The van der Waals surface area contributed by atoms with Gasteiger partial charge in [0.05, 0.1) is 5.56 Å². The van der Waals surface area contributed by atoms with Gasteiger partial charge < -0.3 is 0 Å². The Morgan fingerprint density at radius 3 is 2.62 bits per heavy atom. The van der Waals surface area contributed by atoms with Crippen molar-refractivity contribution in [1.82, 2.24) is 4.98 Å². The van der Waals surface area contributed by atoms with Crippen molar-refractivity contribution >= 4 is 11.8 Å². The molecule has 0 spiro atoms. The second-order valence-electron chi connectivity index (χ2n) is 2.07. The summed E-state index contributed by atoms with van der Waals surface area (Å²) in [5, 5.41) is 8.38. The summed E-state index contributed by atoms with van der Waals surface area (Å²) >= 11 is -0.283. The lowest BCUT2D eigenvalue weighted by molar-refractivity contribution is -0.0328. The summed E-state index contributed by atoms with van der Waals surface area (Å²) < 4.78 is 35.5. The monoisotopic (exact) mass is 204 g/mol. The number of alkyl halides is 3. The van der Waals surface area contributed by atoms with Crippen LogP contribution in [-0.2, 0) is 0 Å². The number of thioether (sulfide) groups is 1. The number of pyridine rings is 1. The first-order chi connectivity index (χ1) is 6.01. The SMILES string of the molecule is N#Cc1cncc(SC(F)(F)F)c1. The van der Waals surface area contributed by atoms with Gasteiger partial charge in [-0.3, -0.25) is 4.98 Å². The van der Waals surface area contributed by atoms with Crippen molar-refractivity contribution in [1.29, 1.82) is 5.26 Å². The topological polar surface area (TPSA) is 36.7 Å². The molecule has 0 aliphatic carbocycles. The standard InChI is InChI=1S/C7H3F3N2S/c8-7(9,10)13-6-1-5(2-11)3-12-4-6/h1,3-4H. The van der Waals surface area contributed by atoms with Crippen molar-refractivity contribution in [3.05, 3.63) is 24.0 Å². The van der Waals surface area contributed by atoms with Crippen LogP contribution in [-0.4, -0.2) is 10.5 Å². The van der Waals surface area contributed by atoms with E-state index in [9.17, 15) is 13.2 Å². The Kier molecular flexibility index (Phi) is 2.78. The highest BCUT2D eigenvalue weighted by atomic mass is 32.2. The zero-order valence-corrected chi connectivity index (χ0v) is 6.99. The second-order valence-corrected chi connectivity index (χ2v) is 3.21. The van der Waals surface area contributed by atoms with E-state index >= 15 is 0 Å². The van der Waals surface area contributed by atoms with E-state index in [1.165, 1.54) is 6.20 Å². The molecule has 0 N–H and O–H groups in total. The summed E-state index contributed by atoms with van der Waals surface area (Å²) in [6.45, 7) is 0. The smallest absolute Gasteiger partial charge is 0.262 e. The lowest BCUT2D eigenvalue weighted by atomic mass is 10.3. The first-order valence-corrected chi connectivity index (χ1v) is 3.94. The van der Waals surface area contributed by atoms with Gasteiger partial charge in [0.25, 0.3) is 0 Å². The lowest BCUT2D eigenvalue weighted by Crippen LogP contribution is -1.99. The highest BCUT2D eigenvalue weighted by Crippen LogP contribution is 2.36. The Morgan fingerprint density at radius 1 is 1.38 bits per heavy atom. The third-order valence-electron chi connectivity index (χ3n) is 1.08. The van der Waals surface area contributed by atoms with Gasteiger partial charge in [-0.1, -0.05) is 0 Å². The first-order valence-electron chi connectivity index (χ1n) is 3.12. The zero-order chi connectivity index (χ0) is 9.90. The molecule has 0 saturated heterocycles. The molecule has 0 amide bonds. The summed E-state index contributed by atoms with van der Waals surface area (Å²) in [5.74, 6) is 0. The van der Waals surface area contributed by atoms with Crippen molar-refractivity contribution in [2.75, 3.05) is 0 Å². The predicted octanol–water partition coefficient (Wildman–Crippen LogP) is 2.57.